The Balaban J connectivity index is 3.25. The molecule has 0 unspecified atom stereocenters. The van der Waals surface area contributed by atoms with Gasteiger partial charge in [-0.25, -0.2) is 0 Å². The Morgan fingerprint density at radius 2 is 1.82 bits per heavy atom. The van der Waals surface area contributed by atoms with Crippen molar-refractivity contribution in [2.45, 2.75) is 6.61 Å². The molecule has 1 rings (SSSR count). The molecule has 0 aliphatic heterocycles. The zero-order valence-electron chi connectivity index (χ0n) is 5.42. The minimum Gasteiger partial charge on any atom is -0.619 e. The average Bonchev–Trinajstić information content (AvgIpc) is 1.85. The van der Waals surface area contributed by atoms with Crippen molar-refractivity contribution < 1.29 is 18.6 Å². The van der Waals surface area contributed by atoms with Crippen molar-refractivity contribution in [3.8, 4) is 0 Å². The summed E-state index contributed by atoms with van der Waals surface area (Å²) in [5.41, 5.74) is -0.489. The van der Waals surface area contributed by atoms with Gasteiger partial charge in [-0.15, -0.1) is 0 Å². The molecule has 0 radical (unpaired) electrons. The molecule has 0 aromatic carbocycles. The Kier molecular flexibility index (Phi) is 2.00. The number of aromatic nitrogens is 1. The molecule has 1 heterocycles. The maximum Gasteiger partial charge on any atom is 0.216 e. The van der Waals surface area contributed by atoms with Gasteiger partial charge < -0.3 is 10.3 Å². The summed E-state index contributed by atoms with van der Waals surface area (Å²) in [6.45, 7) is -0.751. The molecule has 11 heavy (non-hydrogen) atoms. The molecule has 5 heteroatoms. The topological polar surface area (TPSA) is 47.2 Å². The van der Waals surface area contributed by atoms with Gasteiger partial charge in [-0.2, -0.15) is 13.5 Å². The maximum atomic E-state index is 12.5. The van der Waals surface area contributed by atoms with E-state index in [9.17, 15) is 14.0 Å². The second-order valence-corrected chi connectivity index (χ2v) is 1.95. The molecule has 3 nitrogen and oxygen atoms in total. The van der Waals surface area contributed by atoms with Crippen LogP contribution in [-0.2, 0) is 6.61 Å². The normalized spacial score (nSPS) is 10.1. The first-order valence-electron chi connectivity index (χ1n) is 2.82. The molecule has 0 aliphatic rings. The van der Waals surface area contributed by atoms with Crippen LogP contribution in [0.15, 0.2) is 12.4 Å². The van der Waals surface area contributed by atoms with E-state index >= 15 is 0 Å². The van der Waals surface area contributed by atoms with E-state index in [1.54, 1.807) is 0 Å². The van der Waals surface area contributed by atoms with Crippen molar-refractivity contribution >= 4 is 0 Å². The number of hydrogen-bond donors (Lipinski definition) is 1. The van der Waals surface area contributed by atoms with E-state index in [4.69, 9.17) is 5.11 Å². The minimum atomic E-state index is -1.04. The smallest absolute Gasteiger partial charge is 0.216 e. The first-order valence-corrected chi connectivity index (χ1v) is 2.82. The summed E-state index contributed by atoms with van der Waals surface area (Å²) in [5.74, 6) is -2.08. The van der Waals surface area contributed by atoms with Crippen molar-refractivity contribution in [1.29, 1.82) is 0 Å². The molecule has 1 aromatic rings. The number of halogens is 2. The van der Waals surface area contributed by atoms with E-state index in [1.807, 2.05) is 0 Å². The Hall–Kier alpha value is -1.23. The van der Waals surface area contributed by atoms with Crippen LogP contribution in [0.4, 0.5) is 8.78 Å². The van der Waals surface area contributed by atoms with Crippen molar-refractivity contribution in [3.05, 3.63) is 34.8 Å². The molecule has 0 atom stereocenters. The second kappa shape index (κ2) is 2.79. The van der Waals surface area contributed by atoms with Gasteiger partial charge in [0.1, 0.15) is 0 Å². The van der Waals surface area contributed by atoms with E-state index in [-0.39, 0.29) is 4.73 Å². The predicted octanol–water partition coefficient (Wildman–Crippen LogP) is 0.0905. The van der Waals surface area contributed by atoms with Gasteiger partial charge in [0.15, 0.2) is 11.6 Å². The highest BCUT2D eigenvalue weighted by Gasteiger charge is 2.12. The number of aliphatic hydroxyl groups excluding tert-OH is 1. The summed E-state index contributed by atoms with van der Waals surface area (Å²) in [5, 5.41) is 18.7. The molecule has 0 aliphatic carbocycles. The van der Waals surface area contributed by atoms with E-state index in [0.717, 1.165) is 0 Å². The molecule has 1 aromatic heterocycles. The average molecular weight is 161 g/mol. The summed E-state index contributed by atoms with van der Waals surface area (Å²) >= 11 is 0. The Morgan fingerprint density at radius 1 is 1.36 bits per heavy atom. The van der Waals surface area contributed by atoms with E-state index in [2.05, 4.69) is 0 Å². The molecular formula is C6H5F2NO2. The van der Waals surface area contributed by atoms with Gasteiger partial charge in [-0.3, -0.25) is 0 Å². The lowest BCUT2D eigenvalue weighted by Crippen LogP contribution is -2.27. The van der Waals surface area contributed by atoms with Gasteiger partial charge in [0.2, 0.25) is 12.4 Å². The molecule has 0 saturated carbocycles. The molecule has 60 valence electrons. The predicted molar refractivity (Wildman–Crippen MR) is 31.2 cm³/mol. The van der Waals surface area contributed by atoms with Gasteiger partial charge in [-0.05, 0) is 0 Å². The minimum absolute atomic E-state index is 0.00380. The first-order chi connectivity index (χ1) is 5.15. The quantitative estimate of drug-likeness (QED) is 0.468. The SMILES string of the molecule is [O-][n+]1cc(F)c(CO)c(F)c1. The van der Waals surface area contributed by atoms with Crippen molar-refractivity contribution in [1.82, 2.24) is 0 Å². The van der Waals surface area contributed by atoms with E-state index < -0.39 is 23.8 Å². The fourth-order valence-corrected chi connectivity index (χ4v) is 0.682. The lowest BCUT2D eigenvalue weighted by Gasteiger charge is -2.00. The lowest BCUT2D eigenvalue weighted by molar-refractivity contribution is -0.609. The standard InChI is InChI=1S/C6H5F2NO2/c7-5-1-9(11)2-6(8)4(5)3-10/h1-2,10H,3H2. The monoisotopic (exact) mass is 161 g/mol. The van der Waals surface area contributed by atoms with Crippen LogP contribution in [0.2, 0.25) is 0 Å². The van der Waals surface area contributed by atoms with Crippen LogP contribution in [0.3, 0.4) is 0 Å². The first kappa shape index (κ1) is 7.87. The zero-order chi connectivity index (χ0) is 8.43. The fraction of sp³-hybridized carbons (Fsp3) is 0.167. The van der Waals surface area contributed by atoms with Crippen LogP contribution in [0.25, 0.3) is 0 Å². The maximum absolute atomic E-state index is 12.5. The van der Waals surface area contributed by atoms with Crippen molar-refractivity contribution in [3.63, 3.8) is 0 Å². The van der Waals surface area contributed by atoms with Gasteiger partial charge in [0.05, 0.1) is 12.2 Å². The molecule has 0 spiro atoms. The summed E-state index contributed by atoms with van der Waals surface area (Å²) in [6, 6.07) is 0. The molecule has 0 amide bonds. The van der Waals surface area contributed by atoms with Gasteiger partial charge >= 0.3 is 0 Å². The third kappa shape index (κ3) is 1.43. The third-order valence-corrected chi connectivity index (χ3v) is 1.22. The largest absolute Gasteiger partial charge is 0.619 e. The Morgan fingerprint density at radius 3 is 2.18 bits per heavy atom. The highest BCUT2D eigenvalue weighted by atomic mass is 19.1. The summed E-state index contributed by atoms with van der Waals surface area (Å²) in [4.78, 5) is 0. The van der Waals surface area contributed by atoms with Crippen LogP contribution in [0.5, 0.6) is 0 Å². The Labute approximate surface area is 61.1 Å². The van der Waals surface area contributed by atoms with Gasteiger partial charge in [0, 0.05) is 0 Å². The van der Waals surface area contributed by atoms with Crippen LogP contribution in [-0.4, -0.2) is 5.11 Å². The van der Waals surface area contributed by atoms with E-state index in [0.29, 0.717) is 12.4 Å². The lowest BCUT2D eigenvalue weighted by atomic mass is 10.2. The third-order valence-electron chi connectivity index (χ3n) is 1.22. The summed E-state index contributed by atoms with van der Waals surface area (Å²) < 4.78 is 25.0. The number of aliphatic hydroxyl groups is 1. The Bertz CT molecular complexity index is 254. The summed E-state index contributed by atoms with van der Waals surface area (Å²) in [7, 11) is 0. The zero-order valence-corrected chi connectivity index (χ0v) is 5.42. The van der Waals surface area contributed by atoms with Crippen LogP contribution >= 0.6 is 0 Å². The fourth-order valence-electron chi connectivity index (χ4n) is 0.682. The molecular weight excluding hydrogens is 156 g/mol. The van der Waals surface area contributed by atoms with Crippen LogP contribution in [0.1, 0.15) is 5.56 Å². The van der Waals surface area contributed by atoms with Crippen LogP contribution < -0.4 is 4.73 Å². The molecule has 0 bridgehead atoms. The number of hydrogen-bond acceptors (Lipinski definition) is 2. The number of rotatable bonds is 1. The summed E-state index contributed by atoms with van der Waals surface area (Å²) in [6.07, 6.45) is 1.10. The number of pyridine rings is 1. The van der Waals surface area contributed by atoms with Crippen molar-refractivity contribution in [2.75, 3.05) is 0 Å². The number of nitrogens with zero attached hydrogens (tertiary/aromatic N) is 1. The van der Waals surface area contributed by atoms with Crippen molar-refractivity contribution in [2.24, 2.45) is 0 Å². The van der Waals surface area contributed by atoms with E-state index in [1.165, 1.54) is 0 Å². The molecule has 0 fully saturated rings. The molecule has 0 saturated heterocycles. The highest BCUT2D eigenvalue weighted by Crippen LogP contribution is 2.07. The van der Waals surface area contributed by atoms with Gasteiger partial charge in [0.25, 0.3) is 0 Å². The highest BCUT2D eigenvalue weighted by molar-refractivity contribution is 5.11. The second-order valence-electron chi connectivity index (χ2n) is 1.95. The van der Waals surface area contributed by atoms with Crippen LogP contribution in [0, 0.1) is 16.8 Å². The molecule has 1 N–H and O–H groups in total. The van der Waals surface area contributed by atoms with Gasteiger partial charge in [-0.1, -0.05) is 0 Å².